The van der Waals surface area contributed by atoms with Crippen LogP contribution in [0, 0.1) is 5.92 Å². The molecule has 0 heterocycles. The van der Waals surface area contributed by atoms with Gasteiger partial charge in [-0.3, -0.25) is 0 Å². The number of hydrogen-bond donors (Lipinski definition) is 3. The van der Waals surface area contributed by atoms with E-state index in [1.54, 1.807) is 0 Å². The summed E-state index contributed by atoms with van der Waals surface area (Å²) in [5, 5.41) is 22.2. The normalized spacial score (nSPS) is 14.3. The summed E-state index contributed by atoms with van der Waals surface area (Å²) in [6.45, 7) is 6.90. The Morgan fingerprint density at radius 1 is 1.30 bits per heavy atom. The van der Waals surface area contributed by atoms with Gasteiger partial charge < -0.3 is 20.3 Å². The summed E-state index contributed by atoms with van der Waals surface area (Å²) < 4.78 is 5.58. The van der Waals surface area contributed by atoms with Crippen LogP contribution in [0.2, 0.25) is 0 Å². The zero-order valence-corrected chi connectivity index (χ0v) is 12.7. The molecule has 3 N–H and O–H groups in total. The molecule has 0 aliphatic heterocycles. The molecule has 0 aliphatic carbocycles. The number of hydrogen-bond acceptors (Lipinski definition) is 4. The molecule has 0 spiro atoms. The standard InChI is InChI=1S/C16H27NO3/c1-4-13-6-5-7-15(8-13)20-11-14(19)9-17-16(10-18)12(2)3/h5-8,12,14,16-19H,4,9-11H2,1-3H3. The van der Waals surface area contributed by atoms with Gasteiger partial charge in [0.25, 0.3) is 0 Å². The minimum absolute atomic E-state index is 0.00747. The van der Waals surface area contributed by atoms with Crippen LogP contribution in [0.1, 0.15) is 26.3 Å². The van der Waals surface area contributed by atoms with Crippen LogP contribution >= 0.6 is 0 Å². The van der Waals surface area contributed by atoms with E-state index in [0.717, 1.165) is 12.2 Å². The topological polar surface area (TPSA) is 61.7 Å². The Bertz CT molecular complexity index is 382. The van der Waals surface area contributed by atoms with E-state index in [9.17, 15) is 10.2 Å². The number of nitrogens with one attached hydrogen (secondary N) is 1. The van der Waals surface area contributed by atoms with E-state index in [1.165, 1.54) is 5.56 Å². The van der Waals surface area contributed by atoms with Crippen molar-refractivity contribution in [3.63, 3.8) is 0 Å². The zero-order chi connectivity index (χ0) is 15.0. The van der Waals surface area contributed by atoms with E-state index in [0.29, 0.717) is 12.5 Å². The molecule has 1 rings (SSSR count). The number of aryl methyl sites for hydroxylation is 1. The highest BCUT2D eigenvalue weighted by atomic mass is 16.5. The van der Waals surface area contributed by atoms with E-state index in [4.69, 9.17) is 4.74 Å². The molecule has 2 unspecified atom stereocenters. The molecule has 20 heavy (non-hydrogen) atoms. The molecule has 1 aromatic rings. The predicted molar refractivity (Wildman–Crippen MR) is 81.0 cm³/mol. The highest BCUT2D eigenvalue weighted by molar-refractivity contribution is 5.28. The molecule has 0 aromatic heterocycles. The summed E-state index contributed by atoms with van der Waals surface area (Å²) in [7, 11) is 0. The fourth-order valence-electron chi connectivity index (χ4n) is 1.91. The first-order valence-corrected chi connectivity index (χ1v) is 7.30. The highest BCUT2D eigenvalue weighted by Gasteiger charge is 2.13. The Balaban J connectivity index is 2.33. The van der Waals surface area contributed by atoms with Gasteiger partial charge in [-0.1, -0.05) is 32.9 Å². The molecular weight excluding hydrogens is 254 g/mol. The molecule has 1 aromatic carbocycles. The van der Waals surface area contributed by atoms with Crippen LogP contribution < -0.4 is 10.1 Å². The molecule has 114 valence electrons. The monoisotopic (exact) mass is 281 g/mol. The third-order valence-corrected chi connectivity index (χ3v) is 3.37. The van der Waals surface area contributed by atoms with Gasteiger partial charge >= 0.3 is 0 Å². The molecule has 0 aliphatic rings. The van der Waals surface area contributed by atoms with Gasteiger partial charge in [-0.25, -0.2) is 0 Å². The molecule has 0 radical (unpaired) electrons. The minimum atomic E-state index is -0.590. The van der Waals surface area contributed by atoms with Crippen molar-refractivity contribution >= 4 is 0 Å². The van der Waals surface area contributed by atoms with E-state index in [2.05, 4.69) is 18.3 Å². The summed E-state index contributed by atoms with van der Waals surface area (Å²) in [5.41, 5.74) is 1.22. The Kier molecular flexibility index (Phi) is 7.59. The van der Waals surface area contributed by atoms with Crippen LogP contribution in [0.3, 0.4) is 0 Å². The number of ether oxygens (including phenoxy) is 1. The summed E-state index contributed by atoms with van der Waals surface area (Å²) >= 11 is 0. The highest BCUT2D eigenvalue weighted by Crippen LogP contribution is 2.13. The zero-order valence-electron chi connectivity index (χ0n) is 12.7. The average Bonchev–Trinajstić information content (AvgIpc) is 2.45. The quantitative estimate of drug-likeness (QED) is 0.643. The summed E-state index contributed by atoms with van der Waals surface area (Å²) in [6, 6.07) is 7.90. The second-order valence-electron chi connectivity index (χ2n) is 5.41. The van der Waals surface area contributed by atoms with Crippen LogP contribution in [0.25, 0.3) is 0 Å². The Morgan fingerprint density at radius 2 is 2.05 bits per heavy atom. The largest absolute Gasteiger partial charge is 0.491 e. The van der Waals surface area contributed by atoms with Crippen molar-refractivity contribution in [2.75, 3.05) is 19.8 Å². The SMILES string of the molecule is CCc1cccc(OCC(O)CNC(CO)C(C)C)c1. The van der Waals surface area contributed by atoms with Crippen molar-refractivity contribution in [3.8, 4) is 5.75 Å². The van der Waals surface area contributed by atoms with Crippen molar-refractivity contribution < 1.29 is 14.9 Å². The van der Waals surface area contributed by atoms with Crippen LogP contribution in [-0.2, 0) is 6.42 Å². The fourth-order valence-corrected chi connectivity index (χ4v) is 1.91. The van der Waals surface area contributed by atoms with E-state index in [1.807, 2.05) is 32.0 Å². The maximum atomic E-state index is 9.89. The van der Waals surface area contributed by atoms with Gasteiger partial charge in [0.05, 0.1) is 6.61 Å². The van der Waals surface area contributed by atoms with Crippen LogP contribution in [0.15, 0.2) is 24.3 Å². The number of rotatable bonds is 9. The molecule has 4 heteroatoms. The molecule has 4 nitrogen and oxygen atoms in total. The Hall–Kier alpha value is -1.10. The van der Waals surface area contributed by atoms with Gasteiger partial charge in [0.1, 0.15) is 18.5 Å². The van der Waals surface area contributed by atoms with Gasteiger partial charge in [-0.15, -0.1) is 0 Å². The van der Waals surface area contributed by atoms with Crippen LogP contribution in [0.4, 0.5) is 0 Å². The van der Waals surface area contributed by atoms with Crippen LogP contribution in [-0.4, -0.2) is 42.1 Å². The second kappa shape index (κ2) is 8.95. The lowest BCUT2D eigenvalue weighted by Gasteiger charge is -2.22. The van der Waals surface area contributed by atoms with Crippen LogP contribution in [0.5, 0.6) is 5.75 Å². The maximum absolute atomic E-state index is 9.89. The maximum Gasteiger partial charge on any atom is 0.119 e. The number of aliphatic hydroxyl groups excluding tert-OH is 2. The third kappa shape index (κ3) is 5.90. The lowest BCUT2D eigenvalue weighted by molar-refractivity contribution is 0.0961. The van der Waals surface area contributed by atoms with Crippen molar-refractivity contribution in [1.29, 1.82) is 0 Å². The molecular formula is C16H27NO3. The van der Waals surface area contributed by atoms with E-state index in [-0.39, 0.29) is 19.3 Å². The van der Waals surface area contributed by atoms with E-state index >= 15 is 0 Å². The molecule has 2 atom stereocenters. The predicted octanol–water partition coefficient (Wildman–Crippen LogP) is 1.60. The molecule has 0 saturated heterocycles. The summed E-state index contributed by atoms with van der Waals surface area (Å²) in [4.78, 5) is 0. The third-order valence-electron chi connectivity index (χ3n) is 3.37. The minimum Gasteiger partial charge on any atom is -0.491 e. The van der Waals surface area contributed by atoms with Crippen molar-refractivity contribution in [3.05, 3.63) is 29.8 Å². The molecule has 0 fully saturated rings. The van der Waals surface area contributed by atoms with Crippen molar-refractivity contribution in [1.82, 2.24) is 5.32 Å². The van der Waals surface area contributed by atoms with Gasteiger partial charge in [0.15, 0.2) is 0 Å². The molecule has 0 amide bonds. The van der Waals surface area contributed by atoms with Gasteiger partial charge in [-0.2, -0.15) is 0 Å². The molecule has 0 bridgehead atoms. The average molecular weight is 281 g/mol. The first-order valence-electron chi connectivity index (χ1n) is 7.30. The van der Waals surface area contributed by atoms with Crippen molar-refractivity contribution in [2.24, 2.45) is 5.92 Å². The van der Waals surface area contributed by atoms with Gasteiger partial charge in [0, 0.05) is 12.6 Å². The first kappa shape index (κ1) is 17.0. The lowest BCUT2D eigenvalue weighted by Crippen LogP contribution is -2.42. The van der Waals surface area contributed by atoms with Crippen molar-refractivity contribution in [2.45, 2.75) is 39.3 Å². The summed E-state index contributed by atoms with van der Waals surface area (Å²) in [5.74, 6) is 1.11. The second-order valence-corrected chi connectivity index (χ2v) is 5.41. The molecule has 0 saturated carbocycles. The number of aliphatic hydroxyl groups is 2. The number of benzene rings is 1. The lowest BCUT2D eigenvalue weighted by atomic mass is 10.1. The Morgan fingerprint density at radius 3 is 2.65 bits per heavy atom. The summed E-state index contributed by atoms with van der Waals surface area (Å²) in [6.07, 6.45) is 0.376. The first-order chi connectivity index (χ1) is 9.56. The van der Waals surface area contributed by atoms with E-state index < -0.39 is 6.10 Å². The van der Waals surface area contributed by atoms with Gasteiger partial charge in [0.2, 0.25) is 0 Å². The Labute approximate surface area is 121 Å². The van der Waals surface area contributed by atoms with Gasteiger partial charge in [-0.05, 0) is 30.0 Å². The smallest absolute Gasteiger partial charge is 0.119 e. The fraction of sp³-hybridized carbons (Fsp3) is 0.625.